The van der Waals surface area contributed by atoms with Crippen LogP contribution in [0.2, 0.25) is 0 Å². The molecule has 1 aliphatic rings. The van der Waals surface area contributed by atoms with Crippen molar-refractivity contribution >= 4 is 21.2 Å². The molecular weight excluding hydrogens is 244 g/mol. The monoisotopic (exact) mass is 260 g/mol. The lowest BCUT2D eigenvalue weighted by Gasteiger charge is -1.99. The van der Waals surface area contributed by atoms with Crippen LogP contribution < -0.4 is 5.32 Å². The van der Waals surface area contributed by atoms with Crippen molar-refractivity contribution < 1.29 is 8.42 Å². The van der Waals surface area contributed by atoms with Gasteiger partial charge in [0, 0.05) is 30.6 Å². The molecule has 0 spiro atoms. The SMILES string of the molecule is CS(=O)(=O)Cc1nc(CCNC2CC2)cs1. The van der Waals surface area contributed by atoms with Gasteiger partial charge in [0.15, 0.2) is 9.84 Å². The molecule has 2 rings (SSSR count). The second-order valence-corrected chi connectivity index (χ2v) is 7.36. The highest BCUT2D eigenvalue weighted by Gasteiger charge is 2.19. The number of aromatic nitrogens is 1. The average molecular weight is 260 g/mol. The summed E-state index contributed by atoms with van der Waals surface area (Å²) in [6, 6.07) is 0.717. The predicted octanol–water partition coefficient (Wildman–Crippen LogP) is 0.982. The molecule has 1 saturated carbocycles. The minimum atomic E-state index is -2.96. The Bertz CT molecular complexity index is 449. The third-order valence-corrected chi connectivity index (χ3v) is 4.25. The molecule has 6 heteroatoms. The zero-order valence-electron chi connectivity index (χ0n) is 9.27. The Hall–Kier alpha value is -0.460. The second-order valence-electron chi connectivity index (χ2n) is 4.28. The number of thiazole rings is 1. The molecule has 1 heterocycles. The van der Waals surface area contributed by atoms with Gasteiger partial charge in [-0.15, -0.1) is 11.3 Å². The first kappa shape index (κ1) is 12.0. The van der Waals surface area contributed by atoms with Gasteiger partial charge in [0.1, 0.15) is 10.8 Å². The highest BCUT2D eigenvalue weighted by Crippen LogP contribution is 2.18. The van der Waals surface area contributed by atoms with Gasteiger partial charge in [0.25, 0.3) is 0 Å². The summed E-state index contributed by atoms with van der Waals surface area (Å²) in [7, 11) is -2.96. The molecule has 16 heavy (non-hydrogen) atoms. The van der Waals surface area contributed by atoms with Gasteiger partial charge in [-0.2, -0.15) is 0 Å². The smallest absolute Gasteiger partial charge is 0.153 e. The Balaban J connectivity index is 1.81. The van der Waals surface area contributed by atoms with E-state index in [9.17, 15) is 8.42 Å². The summed E-state index contributed by atoms with van der Waals surface area (Å²) in [5.74, 6) is 0.0632. The van der Waals surface area contributed by atoms with Crippen molar-refractivity contribution in [2.45, 2.75) is 31.1 Å². The van der Waals surface area contributed by atoms with E-state index in [2.05, 4.69) is 10.3 Å². The van der Waals surface area contributed by atoms with Crippen LogP contribution in [0.5, 0.6) is 0 Å². The van der Waals surface area contributed by atoms with E-state index < -0.39 is 9.84 Å². The summed E-state index contributed by atoms with van der Waals surface area (Å²) in [5.41, 5.74) is 0.997. The quantitative estimate of drug-likeness (QED) is 0.828. The van der Waals surface area contributed by atoms with Gasteiger partial charge in [-0.05, 0) is 12.8 Å². The summed E-state index contributed by atoms with van der Waals surface area (Å²) >= 11 is 1.43. The summed E-state index contributed by atoms with van der Waals surface area (Å²) in [4.78, 5) is 4.31. The van der Waals surface area contributed by atoms with E-state index in [1.165, 1.54) is 30.4 Å². The fourth-order valence-electron chi connectivity index (χ4n) is 1.45. The molecule has 0 aromatic carbocycles. The van der Waals surface area contributed by atoms with Crippen molar-refractivity contribution in [3.8, 4) is 0 Å². The number of sulfone groups is 1. The first-order chi connectivity index (χ1) is 7.53. The Morgan fingerprint density at radius 2 is 2.31 bits per heavy atom. The fraction of sp³-hybridized carbons (Fsp3) is 0.700. The molecule has 0 atom stereocenters. The van der Waals surface area contributed by atoms with Gasteiger partial charge in [0.2, 0.25) is 0 Å². The minimum Gasteiger partial charge on any atom is -0.314 e. The molecule has 0 bridgehead atoms. The van der Waals surface area contributed by atoms with E-state index in [0.717, 1.165) is 18.7 Å². The molecule has 0 aliphatic heterocycles. The first-order valence-corrected chi connectivity index (χ1v) is 8.31. The van der Waals surface area contributed by atoms with Crippen LogP contribution in [0.4, 0.5) is 0 Å². The van der Waals surface area contributed by atoms with Crippen LogP contribution >= 0.6 is 11.3 Å². The Labute approximate surface area is 100 Å². The molecule has 4 nitrogen and oxygen atoms in total. The lowest BCUT2D eigenvalue weighted by atomic mass is 10.3. The molecule has 1 fully saturated rings. The molecule has 0 radical (unpaired) electrons. The molecule has 1 N–H and O–H groups in total. The maximum Gasteiger partial charge on any atom is 0.153 e. The van der Waals surface area contributed by atoms with Crippen LogP contribution in [0.1, 0.15) is 23.5 Å². The maximum atomic E-state index is 11.1. The van der Waals surface area contributed by atoms with Crippen LogP contribution in [0.25, 0.3) is 0 Å². The van der Waals surface area contributed by atoms with Crippen molar-refractivity contribution in [1.82, 2.24) is 10.3 Å². The average Bonchev–Trinajstić information content (AvgIpc) is 2.86. The lowest BCUT2D eigenvalue weighted by Crippen LogP contribution is -2.19. The van der Waals surface area contributed by atoms with Crippen molar-refractivity contribution in [2.75, 3.05) is 12.8 Å². The summed E-state index contributed by atoms with van der Waals surface area (Å²) in [5, 5.41) is 6.06. The van der Waals surface area contributed by atoms with Crippen molar-refractivity contribution in [3.05, 3.63) is 16.1 Å². The van der Waals surface area contributed by atoms with Crippen LogP contribution in [0, 0.1) is 0 Å². The van der Waals surface area contributed by atoms with Gasteiger partial charge in [-0.3, -0.25) is 0 Å². The van der Waals surface area contributed by atoms with Crippen LogP contribution in [0.3, 0.4) is 0 Å². The summed E-state index contributed by atoms with van der Waals surface area (Å²) in [6.45, 7) is 0.937. The molecule has 0 saturated heterocycles. The predicted molar refractivity (Wildman–Crippen MR) is 65.4 cm³/mol. The van der Waals surface area contributed by atoms with Gasteiger partial charge in [-0.25, -0.2) is 13.4 Å². The third kappa shape index (κ3) is 4.19. The summed E-state index contributed by atoms with van der Waals surface area (Å²) < 4.78 is 22.2. The Morgan fingerprint density at radius 1 is 1.56 bits per heavy atom. The van der Waals surface area contributed by atoms with E-state index in [4.69, 9.17) is 0 Å². The topological polar surface area (TPSA) is 59.1 Å². The Kier molecular flexibility index (Phi) is 3.61. The van der Waals surface area contributed by atoms with Crippen LogP contribution in [-0.4, -0.2) is 32.2 Å². The third-order valence-electron chi connectivity index (χ3n) is 2.38. The van der Waals surface area contributed by atoms with E-state index in [1.807, 2.05) is 5.38 Å². The lowest BCUT2D eigenvalue weighted by molar-refractivity contribution is 0.601. The van der Waals surface area contributed by atoms with E-state index in [1.54, 1.807) is 0 Å². The van der Waals surface area contributed by atoms with E-state index in [-0.39, 0.29) is 5.75 Å². The van der Waals surface area contributed by atoms with Gasteiger partial charge in [0.05, 0.1) is 5.69 Å². The van der Waals surface area contributed by atoms with E-state index in [0.29, 0.717) is 11.0 Å². The molecule has 1 aromatic rings. The molecule has 1 aromatic heterocycles. The normalized spacial score (nSPS) is 16.6. The zero-order chi connectivity index (χ0) is 11.6. The minimum absolute atomic E-state index is 0.0632. The molecule has 90 valence electrons. The number of nitrogens with zero attached hydrogens (tertiary/aromatic N) is 1. The maximum absolute atomic E-state index is 11.1. The van der Waals surface area contributed by atoms with Gasteiger partial charge in [-0.1, -0.05) is 0 Å². The number of nitrogens with one attached hydrogen (secondary N) is 1. The zero-order valence-corrected chi connectivity index (χ0v) is 10.9. The highest BCUT2D eigenvalue weighted by atomic mass is 32.2. The Morgan fingerprint density at radius 3 is 2.94 bits per heavy atom. The molecule has 0 unspecified atom stereocenters. The molecule has 0 amide bonds. The standard InChI is InChI=1S/C10H16N2O2S2/c1-16(13,14)7-10-12-9(6-15-10)4-5-11-8-2-3-8/h6,8,11H,2-5,7H2,1H3. The number of rotatable bonds is 6. The summed E-state index contributed by atoms with van der Waals surface area (Å²) in [6.07, 6.45) is 4.70. The molecular formula is C10H16N2O2S2. The number of hydrogen-bond donors (Lipinski definition) is 1. The van der Waals surface area contributed by atoms with Crippen molar-refractivity contribution in [3.63, 3.8) is 0 Å². The van der Waals surface area contributed by atoms with Gasteiger partial charge >= 0.3 is 0 Å². The van der Waals surface area contributed by atoms with E-state index >= 15 is 0 Å². The first-order valence-electron chi connectivity index (χ1n) is 5.37. The highest BCUT2D eigenvalue weighted by molar-refractivity contribution is 7.90. The number of hydrogen-bond acceptors (Lipinski definition) is 5. The fourth-order valence-corrected chi connectivity index (χ4v) is 3.49. The van der Waals surface area contributed by atoms with Gasteiger partial charge < -0.3 is 5.32 Å². The van der Waals surface area contributed by atoms with Crippen molar-refractivity contribution in [2.24, 2.45) is 0 Å². The van der Waals surface area contributed by atoms with Crippen molar-refractivity contribution in [1.29, 1.82) is 0 Å². The van der Waals surface area contributed by atoms with Crippen LogP contribution in [0.15, 0.2) is 5.38 Å². The largest absolute Gasteiger partial charge is 0.314 e. The second kappa shape index (κ2) is 4.81. The molecule has 1 aliphatic carbocycles. The van der Waals surface area contributed by atoms with Crippen LogP contribution in [-0.2, 0) is 22.0 Å².